The fourth-order valence-corrected chi connectivity index (χ4v) is 3.74. The van der Waals surface area contributed by atoms with Crippen molar-refractivity contribution >= 4 is 23.7 Å². The van der Waals surface area contributed by atoms with Crippen LogP contribution >= 0.6 is 11.6 Å². The molecule has 0 spiro atoms. The molecule has 1 heterocycles. The van der Waals surface area contributed by atoms with E-state index in [-0.39, 0.29) is 17.6 Å². The van der Waals surface area contributed by atoms with Gasteiger partial charge in [0.2, 0.25) is 5.91 Å². The first-order chi connectivity index (χ1) is 14.5. The van der Waals surface area contributed by atoms with E-state index in [1.807, 2.05) is 12.1 Å². The minimum Gasteiger partial charge on any atom is -0.493 e. The summed E-state index contributed by atoms with van der Waals surface area (Å²) in [5.41, 5.74) is 4.22. The number of nitrogens with zero attached hydrogens (tertiary/aromatic N) is 2. The number of likely N-dealkylation sites (tertiary alicyclic amines) is 1. The van der Waals surface area contributed by atoms with Gasteiger partial charge in [-0.15, -0.1) is 0 Å². The first kappa shape index (κ1) is 22.1. The Labute approximate surface area is 180 Å². The van der Waals surface area contributed by atoms with Crippen molar-refractivity contribution in [2.24, 2.45) is 11.0 Å². The molecule has 1 fully saturated rings. The van der Waals surface area contributed by atoms with Crippen LogP contribution in [0.25, 0.3) is 0 Å². The fraction of sp³-hybridized carbons (Fsp3) is 0.364. The highest BCUT2D eigenvalue weighted by molar-refractivity contribution is 6.31. The van der Waals surface area contributed by atoms with Crippen molar-refractivity contribution in [3.05, 3.63) is 58.4 Å². The maximum Gasteiger partial charge on any atom is 0.243 e. The lowest BCUT2D eigenvalue weighted by Gasteiger charge is -2.31. The molecule has 2 aromatic carbocycles. The molecule has 1 N–H and O–H groups in total. The van der Waals surface area contributed by atoms with Gasteiger partial charge < -0.3 is 9.47 Å². The Balaban J connectivity index is 1.50. The van der Waals surface area contributed by atoms with Crippen LogP contribution < -0.4 is 14.9 Å². The van der Waals surface area contributed by atoms with E-state index in [0.29, 0.717) is 28.6 Å². The summed E-state index contributed by atoms with van der Waals surface area (Å²) in [4.78, 5) is 14.7. The Bertz CT molecular complexity index is 914. The summed E-state index contributed by atoms with van der Waals surface area (Å²) in [6, 6.07) is 9.90. The number of hydrazone groups is 1. The van der Waals surface area contributed by atoms with Gasteiger partial charge >= 0.3 is 0 Å². The number of benzene rings is 2. The molecule has 1 aliphatic heterocycles. The summed E-state index contributed by atoms with van der Waals surface area (Å²) in [5, 5.41) is 4.51. The molecule has 6 nitrogen and oxygen atoms in total. The summed E-state index contributed by atoms with van der Waals surface area (Å²) in [5.74, 6) is 0.611. The maximum absolute atomic E-state index is 13.2. The van der Waals surface area contributed by atoms with E-state index >= 15 is 0 Å². The van der Waals surface area contributed by atoms with Crippen LogP contribution in [-0.4, -0.2) is 44.3 Å². The first-order valence-corrected chi connectivity index (χ1v) is 10.1. The van der Waals surface area contributed by atoms with Crippen molar-refractivity contribution in [3.63, 3.8) is 0 Å². The van der Waals surface area contributed by atoms with Crippen molar-refractivity contribution < 1.29 is 18.7 Å². The van der Waals surface area contributed by atoms with E-state index in [1.165, 1.54) is 12.1 Å². The molecule has 0 saturated carbocycles. The Morgan fingerprint density at radius 1 is 1.27 bits per heavy atom. The second kappa shape index (κ2) is 10.4. The molecule has 3 rings (SSSR count). The normalized spacial score (nSPS) is 15.3. The molecular formula is C22H25ClFN3O3. The van der Waals surface area contributed by atoms with Crippen LogP contribution in [0.15, 0.2) is 41.5 Å². The molecule has 160 valence electrons. The van der Waals surface area contributed by atoms with E-state index < -0.39 is 0 Å². The van der Waals surface area contributed by atoms with Gasteiger partial charge in [-0.1, -0.05) is 23.7 Å². The number of nitrogens with one attached hydrogen (secondary N) is 1. The van der Waals surface area contributed by atoms with Gasteiger partial charge in [-0.05, 0) is 55.8 Å². The SMILES string of the molecule is COc1cccc(/C=N\NC(=O)C2CCN(Cc3ccc(F)cc3Cl)CC2)c1OC. The Hall–Kier alpha value is -2.64. The zero-order valence-corrected chi connectivity index (χ0v) is 17.8. The van der Waals surface area contributed by atoms with E-state index in [0.717, 1.165) is 31.5 Å². The molecule has 8 heteroatoms. The zero-order valence-electron chi connectivity index (χ0n) is 17.0. The molecule has 1 aliphatic rings. The highest BCUT2D eigenvalue weighted by Gasteiger charge is 2.25. The number of ether oxygens (including phenoxy) is 2. The summed E-state index contributed by atoms with van der Waals surface area (Å²) in [6.45, 7) is 2.17. The smallest absolute Gasteiger partial charge is 0.243 e. The van der Waals surface area contributed by atoms with Crippen LogP contribution in [0, 0.1) is 11.7 Å². The molecule has 30 heavy (non-hydrogen) atoms. The lowest BCUT2D eigenvalue weighted by Crippen LogP contribution is -2.39. The average molecular weight is 434 g/mol. The third kappa shape index (κ3) is 5.49. The molecule has 2 aromatic rings. The zero-order chi connectivity index (χ0) is 21.5. The van der Waals surface area contributed by atoms with Gasteiger partial charge in [0, 0.05) is 23.0 Å². The van der Waals surface area contributed by atoms with Gasteiger partial charge in [0.05, 0.1) is 20.4 Å². The second-order valence-corrected chi connectivity index (χ2v) is 7.51. The molecule has 0 unspecified atom stereocenters. The van der Waals surface area contributed by atoms with Crippen LogP contribution in [0.1, 0.15) is 24.0 Å². The molecule has 1 amide bonds. The molecule has 0 aliphatic carbocycles. The van der Waals surface area contributed by atoms with Crippen molar-refractivity contribution in [3.8, 4) is 11.5 Å². The largest absolute Gasteiger partial charge is 0.493 e. The van der Waals surface area contributed by atoms with Gasteiger partial charge in [-0.3, -0.25) is 9.69 Å². The van der Waals surface area contributed by atoms with Crippen LogP contribution in [0.4, 0.5) is 4.39 Å². The number of piperidine rings is 1. The van der Waals surface area contributed by atoms with Crippen LogP contribution in [0.2, 0.25) is 5.02 Å². The number of halogens is 2. The predicted molar refractivity (Wildman–Crippen MR) is 115 cm³/mol. The highest BCUT2D eigenvalue weighted by atomic mass is 35.5. The average Bonchev–Trinajstić information content (AvgIpc) is 2.75. The Kier molecular flexibility index (Phi) is 7.65. The molecule has 1 saturated heterocycles. The van der Waals surface area contributed by atoms with E-state index in [4.69, 9.17) is 21.1 Å². The fourth-order valence-electron chi connectivity index (χ4n) is 3.51. The van der Waals surface area contributed by atoms with Crippen LogP contribution in [0.3, 0.4) is 0 Å². The van der Waals surface area contributed by atoms with Gasteiger partial charge in [-0.25, -0.2) is 9.82 Å². The van der Waals surface area contributed by atoms with Gasteiger partial charge in [-0.2, -0.15) is 5.10 Å². The summed E-state index contributed by atoms with van der Waals surface area (Å²) in [7, 11) is 3.12. The molecule has 0 radical (unpaired) electrons. The van der Waals surface area contributed by atoms with Gasteiger partial charge in [0.25, 0.3) is 0 Å². The number of amides is 1. The summed E-state index contributed by atoms with van der Waals surface area (Å²) in [6.07, 6.45) is 3.00. The summed E-state index contributed by atoms with van der Waals surface area (Å²) < 4.78 is 23.8. The number of rotatable bonds is 7. The quantitative estimate of drug-likeness (QED) is 0.532. The number of para-hydroxylation sites is 1. The van der Waals surface area contributed by atoms with Crippen LogP contribution in [-0.2, 0) is 11.3 Å². The standard InChI is InChI=1S/C22H25ClFN3O3/c1-29-20-5-3-4-16(21(20)30-2)13-25-26-22(28)15-8-10-27(11-9-15)14-17-6-7-18(24)12-19(17)23/h3-7,12-13,15H,8-11,14H2,1-2H3,(H,26,28)/b25-13-. The maximum atomic E-state index is 13.2. The predicted octanol–water partition coefficient (Wildman–Crippen LogP) is 3.86. The highest BCUT2D eigenvalue weighted by Crippen LogP contribution is 2.29. The minimum atomic E-state index is -0.341. The van der Waals surface area contributed by atoms with Crippen LogP contribution in [0.5, 0.6) is 11.5 Å². The molecular weight excluding hydrogens is 409 g/mol. The second-order valence-electron chi connectivity index (χ2n) is 7.10. The third-order valence-electron chi connectivity index (χ3n) is 5.18. The first-order valence-electron chi connectivity index (χ1n) is 9.72. The van der Waals surface area contributed by atoms with Gasteiger partial charge in [0.1, 0.15) is 5.82 Å². The van der Waals surface area contributed by atoms with Crippen molar-refractivity contribution in [2.75, 3.05) is 27.3 Å². The lowest BCUT2D eigenvalue weighted by molar-refractivity contribution is -0.126. The lowest BCUT2D eigenvalue weighted by atomic mass is 9.96. The third-order valence-corrected chi connectivity index (χ3v) is 5.53. The molecule has 0 bridgehead atoms. The van der Waals surface area contributed by atoms with Gasteiger partial charge in [0.15, 0.2) is 11.5 Å². The Morgan fingerprint density at radius 2 is 2.03 bits per heavy atom. The number of carbonyl (C=O) groups is 1. The number of carbonyl (C=O) groups excluding carboxylic acids is 1. The monoisotopic (exact) mass is 433 g/mol. The van der Waals surface area contributed by atoms with Crippen molar-refractivity contribution in [1.82, 2.24) is 10.3 Å². The van der Waals surface area contributed by atoms with E-state index in [2.05, 4.69) is 15.4 Å². The van der Waals surface area contributed by atoms with Crippen molar-refractivity contribution in [2.45, 2.75) is 19.4 Å². The number of hydrogen-bond donors (Lipinski definition) is 1. The number of hydrogen-bond acceptors (Lipinski definition) is 5. The van der Waals surface area contributed by atoms with E-state index in [9.17, 15) is 9.18 Å². The molecule has 0 aromatic heterocycles. The topological polar surface area (TPSA) is 63.2 Å². The van der Waals surface area contributed by atoms with E-state index in [1.54, 1.807) is 32.6 Å². The summed E-state index contributed by atoms with van der Waals surface area (Å²) >= 11 is 6.11. The minimum absolute atomic E-state index is 0.103. The Morgan fingerprint density at radius 3 is 2.70 bits per heavy atom. The molecule has 0 atom stereocenters. The van der Waals surface area contributed by atoms with Crippen molar-refractivity contribution in [1.29, 1.82) is 0 Å². The number of methoxy groups -OCH3 is 2.